The first-order valence-corrected chi connectivity index (χ1v) is 11.8. The predicted molar refractivity (Wildman–Crippen MR) is 128 cm³/mol. The summed E-state index contributed by atoms with van der Waals surface area (Å²) in [4.78, 5) is 50.6. The van der Waals surface area contributed by atoms with Gasteiger partial charge < -0.3 is 14.8 Å². The maximum Gasteiger partial charge on any atom is 0.358 e. The average Bonchev–Trinajstić information content (AvgIpc) is 3.52. The van der Waals surface area contributed by atoms with Crippen LogP contribution in [0, 0.1) is 0 Å². The normalized spacial score (nSPS) is 10.5. The van der Waals surface area contributed by atoms with Crippen molar-refractivity contribution in [1.82, 2.24) is 15.0 Å². The number of carbonyl (C=O) groups excluding carboxylic acids is 3. The maximum atomic E-state index is 12.5. The van der Waals surface area contributed by atoms with Gasteiger partial charge in [-0.2, -0.15) is 0 Å². The van der Waals surface area contributed by atoms with Crippen LogP contribution in [-0.2, 0) is 14.3 Å². The van der Waals surface area contributed by atoms with Crippen molar-refractivity contribution in [2.75, 3.05) is 18.5 Å². The zero-order valence-corrected chi connectivity index (χ0v) is 19.5. The molecule has 0 aliphatic rings. The highest BCUT2D eigenvalue weighted by Crippen LogP contribution is 2.35. The van der Waals surface area contributed by atoms with Gasteiger partial charge in [0.05, 0.1) is 12.3 Å². The Morgan fingerprint density at radius 3 is 2.50 bits per heavy atom. The van der Waals surface area contributed by atoms with Crippen LogP contribution in [0.4, 0.5) is 5.69 Å². The van der Waals surface area contributed by atoms with Gasteiger partial charge in [-0.1, -0.05) is 30.3 Å². The van der Waals surface area contributed by atoms with Gasteiger partial charge in [-0.15, -0.1) is 22.7 Å². The van der Waals surface area contributed by atoms with Gasteiger partial charge in [-0.3, -0.25) is 4.79 Å². The Kier molecular flexibility index (Phi) is 7.35. The third kappa shape index (κ3) is 5.50. The van der Waals surface area contributed by atoms with E-state index in [0.717, 1.165) is 10.4 Å². The second kappa shape index (κ2) is 10.8. The minimum absolute atomic E-state index is 0.0503. The summed E-state index contributed by atoms with van der Waals surface area (Å²) in [6.45, 7) is 1.35. The van der Waals surface area contributed by atoms with Crippen LogP contribution in [0.15, 0.2) is 60.2 Å². The molecule has 3 heterocycles. The summed E-state index contributed by atoms with van der Waals surface area (Å²) >= 11 is 2.40. The summed E-state index contributed by atoms with van der Waals surface area (Å²) in [7, 11) is 0. The number of aromatic nitrogens is 3. The Balaban J connectivity index is 1.42. The number of hydrogen-bond acceptors (Lipinski definition) is 10. The molecule has 34 heavy (non-hydrogen) atoms. The molecule has 1 N–H and O–H groups in total. The molecule has 172 valence electrons. The summed E-state index contributed by atoms with van der Waals surface area (Å²) in [5.74, 6) is -1.50. The summed E-state index contributed by atoms with van der Waals surface area (Å²) in [5.41, 5.74) is 1.24. The van der Waals surface area contributed by atoms with Gasteiger partial charge in [0.25, 0.3) is 5.91 Å². The third-order valence-electron chi connectivity index (χ3n) is 4.33. The number of rotatable bonds is 8. The molecule has 1 amide bonds. The van der Waals surface area contributed by atoms with Gasteiger partial charge in [0.1, 0.15) is 4.88 Å². The van der Waals surface area contributed by atoms with Gasteiger partial charge >= 0.3 is 11.9 Å². The lowest BCUT2D eigenvalue weighted by Gasteiger charge is -2.06. The van der Waals surface area contributed by atoms with Gasteiger partial charge in [-0.05, 0) is 24.6 Å². The highest BCUT2D eigenvalue weighted by molar-refractivity contribution is 7.18. The van der Waals surface area contributed by atoms with E-state index in [9.17, 15) is 14.4 Å². The van der Waals surface area contributed by atoms with E-state index < -0.39 is 24.5 Å². The van der Waals surface area contributed by atoms with Crippen molar-refractivity contribution in [2.24, 2.45) is 0 Å². The molecule has 0 radical (unpaired) electrons. The van der Waals surface area contributed by atoms with Crippen LogP contribution in [-0.4, -0.2) is 46.0 Å². The number of anilines is 1. The minimum atomic E-state index is -0.755. The molecule has 0 fully saturated rings. The highest BCUT2D eigenvalue weighted by atomic mass is 32.1. The van der Waals surface area contributed by atoms with Gasteiger partial charge in [0.15, 0.2) is 23.1 Å². The number of ether oxygens (including phenoxy) is 2. The number of thiophene rings is 1. The molecule has 0 atom stereocenters. The van der Waals surface area contributed by atoms with Gasteiger partial charge in [0.2, 0.25) is 0 Å². The monoisotopic (exact) mass is 494 g/mol. The zero-order chi connectivity index (χ0) is 23.9. The standard InChI is InChI=1S/C23H18N4O5S2/c1-2-31-23(30)19-15(11-17(34-19)14-7-4-3-5-8-14)26-18(28)12-32-22(29)16-13-33-21(27-16)20-24-9-6-10-25-20/h3-11,13H,2,12H2,1H3,(H,26,28). The Morgan fingerprint density at radius 1 is 1.00 bits per heavy atom. The topological polar surface area (TPSA) is 120 Å². The SMILES string of the molecule is CCOC(=O)c1sc(-c2ccccc2)cc1NC(=O)COC(=O)c1csc(-c2ncccn2)n1. The average molecular weight is 495 g/mol. The van der Waals surface area contributed by atoms with E-state index in [1.807, 2.05) is 30.3 Å². The van der Waals surface area contributed by atoms with Crippen molar-refractivity contribution in [3.05, 3.63) is 70.8 Å². The number of nitrogens with zero attached hydrogens (tertiary/aromatic N) is 3. The summed E-state index contributed by atoms with van der Waals surface area (Å²) < 4.78 is 10.2. The fraction of sp³-hybridized carbons (Fsp3) is 0.130. The highest BCUT2D eigenvalue weighted by Gasteiger charge is 2.21. The molecule has 0 saturated heterocycles. The Morgan fingerprint density at radius 2 is 1.76 bits per heavy atom. The van der Waals surface area contributed by atoms with Crippen molar-refractivity contribution in [2.45, 2.75) is 6.92 Å². The largest absolute Gasteiger partial charge is 0.462 e. The lowest BCUT2D eigenvalue weighted by molar-refractivity contribution is -0.119. The summed E-state index contributed by atoms with van der Waals surface area (Å²) in [6, 6.07) is 12.8. The number of esters is 2. The molecule has 0 bridgehead atoms. The first-order valence-electron chi connectivity index (χ1n) is 10.1. The molecule has 0 unspecified atom stereocenters. The molecular formula is C23H18N4O5S2. The van der Waals surface area contributed by atoms with Crippen LogP contribution in [0.2, 0.25) is 0 Å². The lowest BCUT2D eigenvalue weighted by Crippen LogP contribution is -2.22. The van der Waals surface area contributed by atoms with Crippen LogP contribution >= 0.6 is 22.7 Å². The van der Waals surface area contributed by atoms with Gasteiger partial charge in [0, 0.05) is 22.7 Å². The Labute approximate surface area is 202 Å². The van der Waals surface area contributed by atoms with Crippen molar-refractivity contribution in [1.29, 1.82) is 0 Å². The molecule has 9 nitrogen and oxygen atoms in total. The Bertz CT molecular complexity index is 1310. The quantitative estimate of drug-likeness (QED) is 0.360. The van der Waals surface area contributed by atoms with Crippen LogP contribution in [0.25, 0.3) is 21.3 Å². The summed E-state index contributed by atoms with van der Waals surface area (Å²) in [5, 5.41) is 4.60. The van der Waals surface area contributed by atoms with E-state index in [4.69, 9.17) is 9.47 Å². The molecule has 3 aromatic heterocycles. The van der Waals surface area contributed by atoms with Crippen molar-refractivity contribution < 1.29 is 23.9 Å². The zero-order valence-electron chi connectivity index (χ0n) is 17.9. The van der Waals surface area contributed by atoms with E-state index >= 15 is 0 Å². The second-order valence-electron chi connectivity index (χ2n) is 6.67. The number of amides is 1. The number of benzene rings is 1. The molecule has 0 aliphatic heterocycles. The Hall–Kier alpha value is -3.96. The van der Waals surface area contributed by atoms with E-state index in [1.54, 1.807) is 31.5 Å². The van der Waals surface area contributed by atoms with E-state index in [-0.39, 0.29) is 17.2 Å². The molecule has 0 aliphatic carbocycles. The van der Waals surface area contributed by atoms with E-state index in [0.29, 0.717) is 16.5 Å². The molecule has 0 saturated carbocycles. The predicted octanol–water partition coefficient (Wildman–Crippen LogP) is 4.30. The minimum Gasteiger partial charge on any atom is -0.462 e. The molecule has 0 spiro atoms. The number of nitrogens with one attached hydrogen (secondary N) is 1. The van der Waals surface area contributed by atoms with Gasteiger partial charge in [-0.25, -0.2) is 24.5 Å². The number of hydrogen-bond donors (Lipinski definition) is 1. The first kappa shape index (κ1) is 23.2. The summed E-state index contributed by atoms with van der Waals surface area (Å²) in [6.07, 6.45) is 3.15. The molecule has 4 rings (SSSR count). The molecule has 4 aromatic rings. The smallest absolute Gasteiger partial charge is 0.358 e. The van der Waals surface area contributed by atoms with Crippen molar-refractivity contribution >= 4 is 46.2 Å². The second-order valence-corrected chi connectivity index (χ2v) is 8.58. The van der Waals surface area contributed by atoms with Crippen LogP contribution < -0.4 is 5.32 Å². The van der Waals surface area contributed by atoms with E-state index in [2.05, 4.69) is 20.3 Å². The fourth-order valence-corrected chi connectivity index (χ4v) is 4.59. The van der Waals surface area contributed by atoms with Crippen molar-refractivity contribution in [3.8, 4) is 21.3 Å². The molecule has 11 heteroatoms. The fourth-order valence-electron chi connectivity index (χ4n) is 2.85. The van der Waals surface area contributed by atoms with Crippen molar-refractivity contribution in [3.63, 3.8) is 0 Å². The first-order chi connectivity index (χ1) is 16.5. The van der Waals surface area contributed by atoms with Crippen LogP contribution in [0.1, 0.15) is 27.1 Å². The van der Waals surface area contributed by atoms with Crippen LogP contribution in [0.3, 0.4) is 0 Å². The lowest BCUT2D eigenvalue weighted by atomic mass is 10.2. The molecule has 1 aromatic carbocycles. The molecular weight excluding hydrogens is 476 g/mol. The number of carbonyl (C=O) groups is 3. The van der Waals surface area contributed by atoms with Crippen LogP contribution in [0.5, 0.6) is 0 Å². The van der Waals surface area contributed by atoms with E-state index in [1.165, 1.54) is 28.1 Å². The third-order valence-corrected chi connectivity index (χ3v) is 6.33. The maximum absolute atomic E-state index is 12.5. The number of thiazole rings is 1.